The molecule has 0 atom stereocenters. The molecule has 0 saturated carbocycles. The van der Waals surface area contributed by atoms with Crippen LogP contribution in [0.15, 0.2) is 18.3 Å². The fourth-order valence-electron chi connectivity index (χ4n) is 1.05. The minimum Gasteiger partial charge on any atom is -0.324 e. The zero-order valence-electron chi connectivity index (χ0n) is 6.24. The minimum atomic E-state index is 0.378. The van der Waals surface area contributed by atoms with Crippen LogP contribution in [0.5, 0.6) is 0 Å². The average Bonchev–Trinajstić information content (AvgIpc) is 2.46. The van der Waals surface area contributed by atoms with E-state index in [0.29, 0.717) is 11.6 Å². The van der Waals surface area contributed by atoms with Gasteiger partial charge < -0.3 is 5.73 Å². The number of pyridine rings is 1. The van der Waals surface area contributed by atoms with E-state index in [2.05, 4.69) is 10.2 Å². The molecule has 0 aromatic carbocycles. The molecule has 2 aromatic heterocycles. The van der Waals surface area contributed by atoms with Gasteiger partial charge in [-0.15, -0.1) is 10.2 Å². The molecule has 2 rings (SSSR count). The second kappa shape index (κ2) is 2.73. The Labute approximate surface area is 74.0 Å². The molecule has 0 fully saturated rings. The highest BCUT2D eigenvalue weighted by atomic mass is 35.5. The van der Waals surface area contributed by atoms with E-state index in [4.69, 9.17) is 17.3 Å². The number of nitrogens with zero attached hydrogens (tertiary/aromatic N) is 3. The molecule has 4 nitrogen and oxygen atoms in total. The first kappa shape index (κ1) is 7.52. The summed E-state index contributed by atoms with van der Waals surface area (Å²) in [7, 11) is 0. The van der Waals surface area contributed by atoms with Gasteiger partial charge in [-0.25, -0.2) is 0 Å². The SMILES string of the molecule is NCc1nnc2cc(Cl)ccn12. The van der Waals surface area contributed by atoms with Crippen LogP contribution in [0, 0.1) is 0 Å². The van der Waals surface area contributed by atoms with Crippen molar-refractivity contribution < 1.29 is 0 Å². The molecule has 5 heteroatoms. The Balaban J connectivity index is 2.73. The van der Waals surface area contributed by atoms with E-state index in [1.54, 1.807) is 18.3 Å². The fourth-order valence-corrected chi connectivity index (χ4v) is 1.21. The molecule has 2 N–H and O–H groups in total. The van der Waals surface area contributed by atoms with E-state index in [-0.39, 0.29) is 0 Å². The summed E-state index contributed by atoms with van der Waals surface area (Å²) in [5.74, 6) is 0.738. The average molecular weight is 183 g/mol. The van der Waals surface area contributed by atoms with Gasteiger partial charge in [0.2, 0.25) is 0 Å². The standard InChI is InChI=1S/C7H7ClN4/c8-5-1-2-12-6(3-5)10-11-7(12)4-9/h1-3H,4,9H2. The van der Waals surface area contributed by atoms with Crippen molar-refractivity contribution in [2.45, 2.75) is 6.54 Å². The van der Waals surface area contributed by atoms with Gasteiger partial charge in [-0.2, -0.15) is 0 Å². The molecule has 0 saturated heterocycles. The molecular formula is C7H7ClN4. The highest BCUT2D eigenvalue weighted by Crippen LogP contribution is 2.11. The summed E-state index contributed by atoms with van der Waals surface area (Å²) in [5, 5.41) is 8.43. The Bertz CT molecular complexity index is 409. The maximum Gasteiger partial charge on any atom is 0.162 e. The first-order chi connectivity index (χ1) is 5.81. The lowest BCUT2D eigenvalue weighted by Crippen LogP contribution is -2.01. The third-order valence-corrected chi connectivity index (χ3v) is 1.86. The van der Waals surface area contributed by atoms with Gasteiger partial charge in [-0.1, -0.05) is 11.6 Å². The highest BCUT2D eigenvalue weighted by Gasteiger charge is 2.02. The van der Waals surface area contributed by atoms with Gasteiger partial charge in [-0.3, -0.25) is 4.40 Å². The quantitative estimate of drug-likeness (QED) is 0.711. The van der Waals surface area contributed by atoms with Crippen molar-refractivity contribution in [1.82, 2.24) is 14.6 Å². The molecule has 62 valence electrons. The van der Waals surface area contributed by atoms with E-state index in [9.17, 15) is 0 Å². The Morgan fingerprint density at radius 2 is 2.33 bits per heavy atom. The van der Waals surface area contributed by atoms with Crippen LogP contribution in [0.3, 0.4) is 0 Å². The van der Waals surface area contributed by atoms with E-state index in [1.165, 1.54) is 0 Å². The van der Waals surface area contributed by atoms with Crippen LogP contribution < -0.4 is 5.73 Å². The summed E-state index contributed by atoms with van der Waals surface area (Å²) in [6, 6.07) is 3.52. The van der Waals surface area contributed by atoms with Gasteiger partial charge in [-0.05, 0) is 6.07 Å². The molecule has 0 amide bonds. The van der Waals surface area contributed by atoms with E-state index in [1.807, 2.05) is 4.40 Å². The number of halogens is 1. The molecule has 2 aromatic rings. The molecule has 2 heterocycles. The largest absolute Gasteiger partial charge is 0.324 e. The van der Waals surface area contributed by atoms with Crippen LogP contribution in [0.4, 0.5) is 0 Å². The molecule has 0 aliphatic carbocycles. The second-order valence-electron chi connectivity index (χ2n) is 2.39. The Morgan fingerprint density at radius 3 is 3.08 bits per heavy atom. The van der Waals surface area contributed by atoms with Crippen molar-refractivity contribution in [3.05, 3.63) is 29.2 Å². The minimum absolute atomic E-state index is 0.378. The zero-order valence-corrected chi connectivity index (χ0v) is 6.99. The number of hydrogen-bond acceptors (Lipinski definition) is 3. The van der Waals surface area contributed by atoms with Gasteiger partial charge in [0.15, 0.2) is 11.5 Å². The van der Waals surface area contributed by atoms with Crippen molar-refractivity contribution >= 4 is 17.2 Å². The first-order valence-electron chi connectivity index (χ1n) is 3.50. The molecule has 0 bridgehead atoms. The van der Waals surface area contributed by atoms with Crippen molar-refractivity contribution in [2.24, 2.45) is 5.73 Å². The fraction of sp³-hybridized carbons (Fsp3) is 0.143. The second-order valence-corrected chi connectivity index (χ2v) is 2.83. The summed E-state index contributed by atoms with van der Waals surface area (Å²) in [4.78, 5) is 0. The van der Waals surface area contributed by atoms with Crippen molar-refractivity contribution in [2.75, 3.05) is 0 Å². The van der Waals surface area contributed by atoms with Crippen molar-refractivity contribution in [1.29, 1.82) is 0 Å². The van der Waals surface area contributed by atoms with Crippen LogP contribution in [-0.4, -0.2) is 14.6 Å². The summed E-state index contributed by atoms with van der Waals surface area (Å²) in [6.45, 7) is 0.378. The van der Waals surface area contributed by atoms with Crippen LogP contribution >= 0.6 is 11.6 Å². The molecule has 12 heavy (non-hydrogen) atoms. The van der Waals surface area contributed by atoms with Gasteiger partial charge in [0, 0.05) is 17.3 Å². The molecule has 0 aliphatic heterocycles. The van der Waals surface area contributed by atoms with Gasteiger partial charge in [0.25, 0.3) is 0 Å². The van der Waals surface area contributed by atoms with Crippen LogP contribution in [-0.2, 0) is 6.54 Å². The summed E-state index contributed by atoms with van der Waals surface area (Å²) >= 11 is 5.76. The van der Waals surface area contributed by atoms with E-state index < -0.39 is 0 Å². The number of fused-ring (bicyclic) bond motifs is 1. The van der Waals surface area contributed by atoms with Crippen molar-refractivity contribution in [3.63, 3.8) is 0 Å². The summed E-state index contributed by atoms with van der Waals surface area (Å²) in [5.41, 5.74) is 6.17. The molecule has 0 unspecified atom stereocenters. The molecule has 0 aliphatic rings. The Hall–Kier alpha value is -1.13. The van der Waals surface area contributed by atoms with Gasteiger partial charge in [0.1, 0.15) is 0 Å². The van der Waals surface area contributed by atoms with Gasteiger partial charge >= 0.3 is 0 Å². The van der Waals surface area contributed by atoms with Crippen LogP contribution in [0.25, 0.3) is 5.65 Å². The number of hydrogen-bond donors (Lipinski definition) is 1. The first-order valence-corrected chi connectivity index (χ1v) is 3.88. The summed E-state index contributed by atoms with van der Waals surface area (Å²) in [6.07, 6.45) is 1.81. The summed E-state index contributed by atoms with van der Waals surface area (Å²) < 4.78 is 1.81. The molecule has 0 radical (unpaired) electrons. The highest BCUT2D eigenvalue weighted by molar-refractivity contribution is 6.30. The number of aromatic nitrogens is 3. The lowest BCUT2D eigenvalue weighted by molar-refractivity contribution is 0.883. The maximum atomic E-state index is 5.76. The topological polar surface area (TPSA) is 56.2 Å². The maximum absolute atomic E-state index is 5.76. The Kier molecular flexibility index (Phi) is 1.71. The molecular weight excluding hydrogens is 176 g/mol. The lowest BCUT2D eigenvalue weighted by Gasteiger charge is -1.95. The van der Waals surface area contributed by atoms with Gasteiger partial charge in [0.05, 0.1) is 6.54 Å². The predicted octanol–water partition coefficient (Wildman–Crippen LogP) is 0.841. The predicted molar refractivity (Wildman–Crippen MR) is 45.9 cm³/mol. The lowest BCUT2D eigenvalue weighted by atomic mass is 10.4. The van der Waals surface area contributed by atoms with E-state index in [0.717, 1.165) is 11.5 Å². The van der Waals surface area contributed by atoms with E-state index >= 15 is 0 Å². The zero-order chi connectivity index (χ0) is 8.55. The normalized spacial score (nSPS) is 10.8. The molecule has 0 spiro atoms. The smallest absolute Gasteiger partial charge is 0.162 e. The third-order valence-electron chi connectivity index (χ3n) is 1.63. The number of rotatable bonds is 1. The Morgan fingerprint density at radius 1 is 1.50 bits per heavy atom. The van der Waals surface area contributed by atoms with Crippen LogP contribution in [0.1, 0.15) is 5.82 Å². The third kappa shape index (κ3) is 1.05. The number of nitrogens with two attached hydrogens (primary N) is 1. The van der Waals surface area contributed by atoms with Crippen molar-refractivity contribution in [3.8, 4) is 0 Å². The van der Waals surface area contributed by atoms with Crippen LogP contribution in [0.2, 0.25) is 5.02 Å². The monoisotopic (exact) mass is 182 g/mol.